The minimum Gasteiger partial charge on any atom is -0.465 e. The summed E-state index contributed by atoms with van der Waals surface area (Å²) in [6.07, 6.45) is 0. The van der Waals surface area contributed by atoms with E-state index in [1.165, 1.54) is 25.3 Å². The largest absolute Gasteiger partial charge is 0.465 e. The lowest BCUT2D eigenvalue weighted by Gasteiger charge is -2.14. The standard InChI is InChI=1S/C19H19NO5/c1-13(14-7-4-3-5-8-14)20-17(21)12-25-19(23)16-10-6-9-15(11-16)18(22)24-2/h3-11,13H,12H2,1-2H3,(H,20,21)/t13-/m0/s1. The molecule has 0 unspecified atom stereocenters. The smallest absolute Gasteiger partial charge is 0.338 e. The first kappa shape index (κ1) is 18.2. The summed E-state index contributed by atoms with van der Waals surface area (Å²) in [6, 6.07) is 15.2. The van der Waals surface area contributed by atoms with Gasteiger partial charge in [-0.1, -0.05) is 36.4 Å². The van der Waals surface area contributed by atoms with E-state index in [0.29, 0.717) is 0 Å². The number of hydrogen-bond donors (Lipinski definition) is 1. The molecular weight excluding hydrogens is 322 g/mol. The van der Waals surface area contributed by atoms with Crippen LogP contribution in [-0.4, -0.2) is 31.6 Å². The van der Waals surface area contributed by atoms with Crippen LogP contribution in [0.5, 0.6) is 0 Å². The van der Waals surface area contributed by atoms with E-state index in [-0.39, 0.29) is 17.2 Å². The molecule has 0 aliphatic carbocycles. The predicted molar refractivity (Wildman–Crippen MR) is 91.1 cm³/mol. The molecule has 1 N–H and O–H groups in total. The fraction of sp³-hybridized carbons (Fsp3) is 0.211. The molecule has 25 heavy (non-hydrogen) atoms. The highest BCUT2D eigenvalue weighted by molar-refractivity contribution is 5.96. The summed E-state index contributed by atoms with van der Waals surface area (Å²) in [4.78, 5) is 35.4. The number of benzene rings is 2. The first-order chi connectivity index (χ1) is 12.0. The van der Waals surface area contributed by atoms with Crippen LogP contribution in [0.15, 0.2) is 54.6 Å². The van der Waals surface area contributed by atoms with Crippen LogP contribution in [0.1, 0.15) is 39.2 Å². The van der Waals surface area contributed by atoms with Gasteiger partial charge < -0.3 is 14.8 Å². The number of esters is 2. The number of amides is 1. The number of rotatable bonds is 6. The molecule has 0 radical (unpaired) electrons. The van der Waals surface area contributed by atoms with Crippen molar-refractivity contribution < 1.29 is 23.9 Å². The van der Waals surface area contributed by atoms with Crippen molar-refractivity contribution in [1.29, 1.82) is 0 Å². The summed E-state index contributed by atoms with van der Waals surface area (Å²) in [5.41, 5.74) is 1.36. The third-order valence-electron chi connectivity index (χ3n) is 3.53. The van der Waals surface area contributed by atoms with Gasteiger partial charge in [-0.2, -0.15) is 0 Å². The van der Waals surface area contributed by atoms with Crippen molar-refractivity contribution in [2.24, 2.45) is 0 Å². The van der Waals surface area contributed by atoms with Gasteiger partial charge in [0.25, 0.3) is 5.91 Å². The Hall–Kier alpha value is -3.15. The zero-order valence-electron chi connectivity index (χ0n) is 14.0. The molecule has 1 atom stereocenters. The Morgan fingerprint density at radius 2 is 1.60 bits per heavy atom. The van der Waals surface area contributed by atoms with Crippen molar-refractivity contribution in [3.05, 3.63) is 71.3 Å². The Morgan fingerprint density at radius 3 is 2.24 bits per heavy atom. The van der Waals surface area contributed by atoms with E-state index in [9.17, 15) is 14.4 Å². The van der Waals surface area contributed by atoms with E-state index in [1.54, 1.807) is 6.07 Å². The maximum Gasteiger partial charge on any atom is 0.338 e. The van der Waals surface area contributed by atoms with Crippen LogP contribution in [0.3, 0.4) is 0 Å². The lowest BCUT2D eigenvalue weighted by Crippen LogP contribution is -2.31. The van der Waals surface area contributed by atoms with Crippen LogP contribution in [0.4, 0.5) is 0 Å². The molecule has 0 fully saturated rings. The van der Waals surface area contributed by atoms with Gasteiger partial charge in [-0.25, -0.2) is 9.59 Å². The van der Waals surface area contributed by atoms with Gasteiger partial charge in [-0.3, -0.25) is 4.79 Å². The SMILES string of the molecule is COC(=O)c1cccc(C(=O)OCC(=O)N[C@@H](C)c2ccccc2)c1. The summed E-state index contributed by atoms with van der Waals surface area (Å²) >= 11 is 0. The Bertz CT molecular complexity index is 757. The fourth-order valence-corrected chi connectivity index (χ4v) is 2.21. The van der Waals surface area contributed by atoms with Gasteiger partial charge in [-0.15, -0.1) is 0 Å². The van der Waals surface area contributed by atoms with Gasteiger partial charge in [0.2, 0.25) is 0 Å². The average molecular weight is 341 g/mol. The van der Waals surface area contributed by atoms with E-state index in [2.05, 4.69) is 10.1 Å². The molecule has 0 spiro atoms. The highest BCUT2D eigenvalue weighted by atomic mass is 16.5. The normalized spacial score (nSPS) is 11.3. The van der Waals surface area contributed by atoms with Gasteiger partial charge >= 0.3 is 11.9 Å². The number of nitrogens with one attached hydrogen (secondary N) is 1. The summed E-state index contributed by atoms with van der Waals surface area (Å²) in [5.74, 6) is -1.65. The van der Waals surface area contributed by atoms with E-state index < -0.39 is 24.5 Å². The molecule has 2 rings (SSSR count). The summed E-state index contributed by atoms with van der Waals surface area (Å²) in [6.45, 7) is 1.44. The zero-order valence-corrected chi connectivity index (χ0v) is 14.0. The van der Waals surface area contributed by atoms with E-state index in [0.717, 1.165) is 5.56 Å². The number of carbonyl (C=O) groups excluding carboxylic acids is 3. The van der Waals surface area contributed by atoms with Crippen molar-refractivity contribution in [2.75, 3.05) is 13.7 Å². The van der Waals surface area contributed by atoms with Gasteiger partial charge in [0.05, 0.1) is 24.3 Å². The lowest BCUT2D eigenvalue weighted by atomic mass is 10.1. The molecule has 0 heterocycles. The van der Waals surface area contributed by atoms with Crippen LogP contribution in [0.25, 0.3) is 0 Å². The van der Waals surface area contributed by atoms with Crippen LogP contribution >= 0.6 is 0 Å². The minimum absolute atomic E-state index is 0.173. The lowest BCUT2D eigenvalue weighted by molar-refractivity contribution is -0.124. The van der Waals surface area contributed by atoms with Gasteiger partial charge in [-0.05, 0) is 30.7 Å². The quantitative estimate of drug-likeness (QED) is 0.817. The maximum absolute atomic E-state index is 12.0. The Kier molecular flexibility index (Phi) is 6.28. The molecule has 0 saturated heterocycles. The molecule has 0 aliphatic heterocycles. The molecule has 0 saturated carbocycles. The van der Waals surface area contributed by atoms with E-state index in [4.69, 9.17) is 4.74 Å². The molecule has 130 valence electrons. The molecule has 6 nitrogen and oxygen atoms in total. The minimum atomic E-state index is -0.687. The van der Waals surface area contributed by atoms with Crippen LogP contribution in [-0.2, 0) is 14.3 Å². The second-order valence-electron chi connectivity index (χ2n) is 5.35. The fourth-order valence-electron chi connectivity index (χ4n) is 2.21. The molecule has 2 aromatic rings. The average Bonchev–Trinajstić information content (AvgIpc) is 2.66. The first-order valence-corrected chi connectivity index (χ1v) is 7.71. The second-order valence-corrected chi connectivity index (χ2v) is 5.35. The molecule has 0 aliphatic rings. The Balaban J connectivity index is 1.89. The highest BCUT2D eigenvalue weighted by Crippen LogP contribution is 2.11. The van der Waals surface area contributed by atoms with Gasteiger partial charge in [0.1, 0.15) is 0 Å². The maximum atomic E-state index is 12.0. The predicted octanol–water partition coefficient (Wildman–Crippen LogP) is 2.51. The van der Waals surface area contributed by atoms with Crippen LogP contribution in [0, 0.1) is 0 Å². The first-order valence-electron chi connectivity index (χ1n) is 7.71. The van der Waals surface area contributed by atoms with E-state index in [1.807, 2.05) is 37.3 Å². The molecular formula is C19H19NO5. The Morgan fingerprint density at radius 1 is 0.960 bits per heavy atom. The monoisotopic (exact) mass is 341 g/mol. The summed E-state index contributed by atoms with van der Waals surface area (Å²) < 4.78 is 9.59. The number of carbonyl (C=O) groups is 3. The van der Waals surface area contributed by atoms with Gasteiger partial charge in [0.15, 0.2) is 6.61 Å². The summed E-state index contributed by atoms with van der Waals surface area (Å²) in [5, 5.41) is 2.75. The van der Waals surface area contributed by atoms with Crippen molar-refractivity contribution in [3.63, 3.8) is 0 Å². The molecule has 2 aromatic carbocycles. The zero-order chi connectivity index (χ0) is 18.2. The topological polar surface area (TPSA) is 81.7 Å². The van der Waals surface area contributed by atoms with Crippen LogP contribution in [0.2, 0.25) is 0 Å². The van der Waals surface area contributed by atoms with Crippen molar-refractivity contribution >= 4 is 17.8 Å². The van der Waals surface area contributed by atoms with Crippen LogP contribution < -0.4 is 5.32 Å². The van der Waals surface area contributed by atoms with Crippen molar-refractivity contribution in [3.8, 4) is 0 Å². The Labute approximate surface area is 145 Å². The van der Waals surface area contributed by atoms with Gasteiger partial charge in [0, 0.05) is 0 Å². The number of methoxy groups -OCH3 is 1. The van der Waals surface area contributed by atoms with E-state index >= 15 is 0 Å². The third-order valence-corrected chi connectivity index (χ3v) is 3.53. The molecule has 0 aromatic heterocycles. The molecule has 1 amide bonds. The third kappa shape index (κ3) is 5.17. The summed E-state index contributed by atoms with van der Waals surface area (Å²) in [7, 11) is 1.26. The highest BCUT2D eigenvalue weighted by Gasteiger charge is 2.14. The number of hydrogen-bond acceptors (Lipinski definition) is 5. The van der Waals surface area contributed by atoms with Crippen molar-refractivity contribution in [2.45, 2.75) is 13.0 Å². The second kappa shape index (κ2) is 8.63. The number of ether oxygens (including phenoxy) is 2. The van der Waals surface area contributed by atoms with Crippen molar-refractivity contribution in [1.82, 2.24) is 5.32 Å². The molecule has 0 bridgehead atoms. The molecule has 6 heteroatoms.